The van der Waals surface area contributed by atoms with Gasteiger partial charge in [-0.2, -0.15) is 0 Å². The number of carbonyl (C=O) groups is 1. The summed E-state index contributed by atoms with van der Waals surface area (Å²) in [7, 11) is 0. The zero-order valence-corrected chi connectivity index (χ0v) is 15.7. The van der Waals surface area contributed by atoms with Crippen molar-refractivity contribution in [1.82, 2.24) is 5.32 Å². The lowest BCUT2D eigenvalue weighted by Gasteiger charge is -2.08. The number of guanidine groups is 1. The van der Waals surface area contributed by atoms with Gasteiger partial charge in [0.2, 0.25) is 5.91 Å². The summed E-state index contributed by atoms with van der Waals surface area (Å²) < 4.78 is 0. The number of nitrogens with zero attached hydrogens (tertiary/aromatic N) is 1. The van der Waals surface area contributed by atoms with E-state index in [9.17, 15) is 4.79 Å². The fourth-order valence-corrected chi connectivity index (χ4v) is 1.45. The lowest BCUT2D eigenvalue weighted by atomic mass is 10.2. The number of nitrogens with two attached hydrogens (primary N) is 1. The monoisotopic (exact) mass is 416 g/mol. The predicted octanol–water partition coefficient (Wildman–Crippen LogP) is 2.88. The maximum atomic E-state index is 11.6. The maximum absolute atomic E-state index is 11.6. The van der Waals surface area contributed by atoms with Crippen LogP contribution in [-0.4, -0.2) is 18.4 Å². The van der Waals surface area contributed by atoms with E-state index in [1.807, 2.05) is 45.0 Å². The van der Waals surface area contributed by atoms with E-state index in [-0.39, 0.29) is 35.8 Å². The number of amides is 1. The highest BCUT2D eigenvalue weighted by molar-refractivity contribution is 14.0. The van der Waals surface area contributed by atoms with Crippen LogP contribution >= 0.6 is 24.0 Å². The van der Waals surface area contributed by atoms with Crippen molar-refractivity contribution in [2.45, 2.75) is 27.3 Å². The molecule has 0 unspecified atom stereocenters. The first-order valence-corrected chi connectivity index (χ1v) is 6.96. The fourth-order valence-electron chi connectivity index (χ4n) is 1.45. The van der Waals surface area contributed by atoms with Crippen molar-refractivity contribution < 1.29 is 4.79 Å². The topological polar surface area (TPSA) is 79.5 Å². The Morgan fingerprint density at radius 1 is 1.32 bits per heavy atom. The van der Waals surface area contributed by atoms with E-state index in [4.69, 9.17) is 5.73 Å². The second kappa shape index (κ2) is 10.2. The number of halogens is 1. The molecule has 5 nitrogen and oxygen atoms in total. The summed E-state index contributed by atoms with van der Waals surface area (Å²) in [5.74, 6) is 0.373. The number of aliphatic imine (C=N–C) groups is 1. The highest BCUT2D eigenvalue weighted by Gasteiger charge is 2.06. The number of hydrogen-bond donors (Lipinski definition) is 3. The summed E-state index contributed by atoms with van der Waals surface area (Å²) >= 11 is 0. The third-order valence-electron chi connectivity index (χ3n) is 2.75. The predicted molar refractivity (Wildman–Crippen MR) is 103 cm³/mol. The molecule has 0 bridgehead atoms. The third-order valence-corrected chi connectivity index (χ3v) is 2.75. The number of nitrogens with one attached hydrogen (secondary N) is 2. The van der Waals surface area contributed by atoms with Gasteiger partial charge < -0.3 is 16.4 Å². The van der Waals surface area contributed by atoms with Crippen LogP contribution in [-0.2, 0) is 11.3 Å². The molecule has 1 aromatic carbocycles. The van der Waals surface area contributed by atoms with E-state index in [1.165, 1.54) is 0 Å². The molecule has 122 valence electrons. The molecule has 0 fully saturated rings. The molecule has 0 aliphatic rings. The Hall–Kier alpha value is -1.57. The Morgan fingerprint density at radius 2 is 1.91 bits per heavy atom. The van der Waals surface area contributed by atoms with Crippen molar-refractivity contribution in [2.24, 2.45) is 16.6 Å². The fraction of sp³-hybridized carbons (Fsp3) is 0.375. The third kappa shape index (κ3) is 8.02. The quantitative estimate of drug-likeness (QED) is 0.289. The smallest absolute Gasteiger partial charge is 0.226 e. The second-order valence-corrected chi connectivity index (χ2v) is 5.35. The Balaban J connectivity index is 0.00000441. The van der Waals surface area contributed by atoms with Gasteiger partial charge in [-0.25, -0.2) is 4.99 Å². The molecule has 22 heavy (non-hydrogen) atoms. The van der Waals surface area contributed by atoms with E-state index >= 15 is 0 Å². The highest BCUT2D eigenvalue weighted by atomic mass is 127. The van der Waals surface area contributed by atoms with Gasteiger partial charge in [-0.1, -0.05) is 38.1 Å². The molecule has 1 aromatic rings. The van der Waals surface area contributed by atoms with Gasteiger partial charge in [-0.15, -0.1) is 24.0 Å². The molecule has 0 aromatic heterocycles. The Labute approximate surface area is 149 Å². The van der Waals surface area contributed by atoms with Crippen LogP contribution in [0.25, 0.3) is 0 Å². The first-order valence-electron chi connectivity index (χ1n) is 6.96. The number of anilines is 1. The molecule has 0 radical (unpaired) electrons. The first-order chi connectivity index (χ1) is 9.88. The summed E-state index contributed by atoms with van der Waals surface area (Å²) in [6, 6.07) is 7.57. The van der Waals surface area contributed by atoms with Gasteiger partial charge in [0.1, 0.15) is 0 Å². The van der Waals surface area contributed by atoms with Crippen molar-refractivity contribution in [3.63, 3.8) is 0 Å². The second-order valence-electron chi connectivity index (χ2n) is 5.35. The van der Waals surface area contributed by atoms with E-state index in [0.29, 0.717) is 19.0 Å². The molecule has 1 amide bonds. The summed E-state index contributed by atoms with van der Waals surface area (Å²) in [6.07, 6.45) is 0. The maximum Gasteiger partial charge on any atom is 0.226 e. The van der Waals surface area contributed by atoms with Crippen LogP contribution in [0, 0.1) is 5.92 Å². The average molecular weight is 416 g/mol. The zero-order valence-electron chi connectivity index (χ0n) is 13.3. The van der Waals surface area contributed by atoms with Crippen LogP contribution < -0.4 is 16.4 Å². The molecule has 0 saturated carbocycles. The molecule has 0 spiro atoms. The first kappa shape index (κ1) is 20.4. The van der Waals surface area contributed by atoms with Crippen LogP contribution in [0.4, 0.5) is 5.69 Å². The van der Waals surface area contributed by atoms with E-state index in [2.05, 4.69) is 22.2 Å². The van der Waals surface area contributed by atoms with Crippen molar-refractivity contribution in [2.75, 3.05) is 11.9 Å². The number of hydrogen-bond acceptors (Lipinski definition) is 2. The Kier molecular flexibility index (Phi) is 9.48. The van der Waals surface area contributed by atoms with Gasteiger partial charge >= 0.3 is 0 Å². The minimum Gasteiger partial charge on any atom is -0.370 e. The minimum absolute atomic E-state index is 0. The van der Waals surface area contributed by atoms with Crippen LogP contribution in [0.2, 0.25) is 0 Å². The zero-order chi connectivity index (χ0) is 15.8. The van der Waals surface area contributed by atoms with Crippen molar-refractivity contribution in [1.29, 1.82) is 0 Å². The van der Waals surface area contributed by atoms with Gasteiger partial charge in [0.05, 0.1) is 6.54 Å². The normalized spacial score (nSPS) is 10.8. The van der Waals surface area contributed by atoms with Gasteiger partial charge in [0, 0.05) is 18.2 Å². The summed E-state index contributed by atoms with van der Waals surface area (Å²) in [4.78, 5) is 15.8. The minimum atomic E-state index is -0.0338. The molecule has 0 aliphatic carbocycles. The average Bonchev–Trinajstić information content (AvgIpc) is 2.44. The van der Waals surface area contributed by atoms with Crippen LogP contribution in [0.15, 0.2) is 41.4 Å². The van der Waals surface area contributed by atoms with E-state index < -0.39 is 0 Å². The Bertz CT molecular complexity index is 523. The van der Waals surface area contributed by atoms with Crippen molar-refractivity contribution >= 4 is 41.5 Å². The Morgan fingerprint density at radius 3 is 2.41 bits per heavy atom. The standard InChI is InChI=1S/C16H24N4O.HI/c1-11(2)9-18-16(17)19-10-13-5-7-14(8-6-13)20-15(21)12(3)4;/h5-8,12H,1,9-10H2,2-4H3,(H,20,21)(H3,17,18,19);1H. The molecule has 6 heteroatoms. The highest BCUT2D eigenvalue weighted by Crippen LogP contribution is 2.11. The largest absolute Gasteiger partial charge is 0.370 e. The SMILES string of the molecule is C=C(C)CNC(N)=NCc1ccc(NC(=O)C(C)C)cc1.I. The van der Waals surface area contributed by atoms with E-state index in [1.54, 1.807) is 0 Å². The summed E-state index contributed by atoms with van der Waals surface area (Å²) in [5, 5.41) is 5.82. The lowest BCUT2D eigenvalue weighted by molar-refractivity contribution is -0.118. The number of benzene rings is 1. The van der Waals surface area contributed by atoms with Gasteiger partial charge in [0.15, 0.2) is 5.96 Å². The molecular weight excluding hydrogens is 391 g/mol. The molecule has 0 heterocycles. The number of carbonyl (C=O) groups excluding carboxylic acids is 1. The number of rotatable bonds is 6. The molecule has 1 rings (SSSR count). The summed E-state index contributed by atoms with van der Waals surface area (Å²) in [6.45, 7) is 10.5. The molecule has 0 saturated heterocycles. The lowest BCUT2D eigenvalue weighted by Crippen LogP contribution is -2.32. The van der Waals surface area contributed by atoms with Crippen molar-refractivity contribution in [3.05, 3.63) is 42.0 Å². The van der Waals surface area contributed by atoms with E-state index in [0.717, 1.165) is 16.8 Å². The van der Waals surface area contributed by atoms with Crippen LogP contribution in [0.5, 0.6) is 0 Å². The summed E-state index contributed by atoms with van der Waals surface area (Å²) in [5.41, 5.74) is 8.55. The van der Waals surface area contributed by atoms with Gasteiger partial charge in [-0.05, 0) is 24.6 Å². The van der Waals surface area contributed by atoms with Gasteiger partial charge in [0.25, 0.3) is 0 Å². The molecule has 0 atom stereocenters. The molecule has 0 aliphatic heterocycles. The van der Waals surface area contributed by atoms with Crippen molar-refractivity contribution in [3.8, 4) is 0 Å². The van der Waals surface area contributed by atoms with Crippen LogP contribution in [0.1, 0.15) is 26.3 Å². The van der Waals surface area contributed by atoms with Crippen LogP contribution in [0.3, 0.4) is 0 Å². The van der Waals surface area contributed by atoms with Gasteiger partial charge in [-0.3, -0.25) is 4.79 Å². The molecule has 4 N–H and O–H groups in total. The molecular formula is C16H25IN4O.